The highest BCUT2D eigenvalue weighted by Gasteiger charge is 1.97. The summed E-state index contributed by atoms with van der Waals surface area (Å²) in [5.74, 6) is 0. The Morgan fingerprint density at radius 1 is 1.31 bits per heavy atom. The van der Waals surface area contributed by atoms with E-state index in [1.165, 1.54) is 6.08 Å². The summed E-state index contributed by atoms with van der Waals surface area (Å²) in [6.45, 7) is 0. The first-order chi connectivity index (χ1) is 6.42. The van der Waals surface area contributed by atoms with E-state index >= 15 is 0 Å². The molecule has 2 heteroatoms. The van der Waals surface area contributed by atoms with Crippen LogP contribution in [0.5, 0.6) is 0 Å². The summed E-state index contributed by atoms with van der Waals surface area (Å²) in [7, 11) is 0. The van der Waals surface area contributed by atoms with Gasteiger partial charge in [0.05, 0.1) is 6.07 Å². The zero-order valence-corrected chi connectivity index (χ0v) is 6.99. The van der Waals surface area contributed by atoms with Crippen molar-refractivity contribution < 1.29 is 0 Å². The van der Waals surface area contributed by atoms with Gasteiger partial charge in [-0.3, -0.25) is 0 Å². The van der Waals surface area contributed by atoms with E-state index < -0.39 is 0 Å². The predicted molar refractivity (Wildman–Crippen MR) is 52.9 cm³/mol. The molecule has 0 fully saturated rings. The van der Waals surface area contributed by atoms with Crippen molar-refractivity contribution in [3.05, 3.63) is 42.1 Å². The van der Waals surface area contributed by atoms with Crippen molar-refractivity contribution in [1.29, 1.82) is 5.26 Å². The number of benzene rings is 1. The quantitative estimate of drug-likeness (QED) is 0.653. The molecular formula is C11H8N2. The Balaban J connectivity index is 2.59. The number of aromatic amines is 1. The molecule has 0 radical (unpaired) electrons. The fraction of sp³-hybridized carbons (Fsp3) is 0. The molecule has 2 aromatic rings. The molecule has 0 aliphatic heterocycles. The molecule has 0 saturated heterocycles. The molecule has 62 valence electrons. The lowest BCUT2D eigenvalue weighted by atomic mass is 10.2. The summed E-state index contributed by atoms with van der Waals surface area (Å²) < 4.78 is 0. The molecule has 0 saturated carbocycles. The summed E-state index contributed by atoms with van der Waals surface area (Å²) in [4.78, 5) is 3.14. The summed E-state index contributed by atoms with van der Waals surface area (Å²) in [6, 6.07) is 9.99. The van der Waals surface area contributed by atoms with Gasteiger partial charge < -0.3 is 4.98 Å². The molecule has 1 N–H and O–H groups in total. The number of hydrogen-bond acceptors (Lipinski definition) is 1. The van der Waals surface area contributed by atoms with Crippen molar-refractivity contribution in [3.8, 4) is 6.07 Å². The van der Waals surface area contributed by atoms with Gasteiger partial charge in [0.2, 0.25) is 0 Å². The maximum Gasteiger partial charge on any atom is 0.0912 e. The summed E-state index contributed by atoms with van der Waals surface area (Å²) >= 11 is 0. The number of fused-ring (bicyclic) bond motifs is 1. The number of allylic oxidation sites excluding steroid dienone is 1. The Hall–Kier alpha value is -2.01. The van der Waals surface area contributed by atoms with E-state index in [4.69, 9.17) is 5.26 Å². The van der Waals surface area contributed by atoms with Crippen LogP contribution >= 0.6 is 0 Å². The highest BCUT2D eigenvalue weighted by Crippen LogP contribution is 2.18. The average Bonchev–Trinajstić information content (AvgIpc) is 2.58. The van der Waals surface area contributed by atoms with Crippen LogP contribution in [0.1, 0.15) is 5.56 Å². The first kappa shape index (κ1) is 7.63. The Morgan fingerprint density at radius 2 is 2.15 bits per heavy atom. The van der Waals surface area contributed by atoms with Crippen molar-refractivity contribution in [3.63, 3.8) is 0 Å². The molecule has 2 nitrogen and oxygen atoms in total. The van der Waals surface area contributed by atoms with E-state index in [-0.39, 0.29) is 0 Å². The smallest absolute Gasteiger partial charge is 0.0912 e. The molecule has 0 aliphatic carbocycles. The number of hydrogen-bond donors (Lipinski definition) is 1. The van der Waals surface area contributed by atoms with E-state index in [1.807, 2.05) is 36.5 Å². The van der Waals surface area contributed by atoms with Crippen molar-refractivity contribution in [2.45, 2.75) is 0 Å². The molecule has 1 aromatic carbocycles. The lowest BCUT2D eigenvalue weighted by molar-refractivity contribution is 1.47. The van der Waals surface area contributed by atoms with Crippen LogP contribution < -0.4 is 0 Å². The van der Waals surface area contributed by atoms with Crippen LogP contribution in [0.15, 0.2) is 36.5 Å². The van der Waals surface area contributed by atoms with Crippen molar-refractivity contribution in [2.75, 3.05) is 0 Å². The lowest BCUT2D eigenvalue weighted by Gasteiger charge is -1.88. The standard InChI is InChI=1S/C11H8N2/c12-7-3-4-9-8-13-11-6-2-1-5-10(9)11/h1-6,8,13H. The van der Waals surface area contributed by atoms with E-state index in [2.05, 4.69) is 4.98 Å². The average molecular weight is 168 g/mol. The fourth-order valence-electron chi connectivity index (χ4n) is 1.36. The largest absolute Gasteiger partial charge is 0.361 e. The Morgan fingerprint density at radius 3 is 3.00 bits per heavy atom. The second-order valence-corrected chi connectivity index (χ2v) is 2.75. The molecule has 0 bridgehead atoms. The van der Waals surface area contributed by atoms with Crippen molar-refractivity contribution in [1.82, 2.24) is 4.98 Å². The van der Waals surface area contributed by atoms with E-state index in [1.54, 1.807) is 6.08 Å². The SMILES string of the molecule is N#CC=Cc1c[nH]c2ccccc12. The van der Waals surface area contributed by atoms with Crippen molar-refractivity contribution in [2.24, 2.45) is 0 Å². The Kier molecular flexibility index (Phi) is 1.85. The Labute approximate surface area is 76.1 Å². The highest BCUT2D eigenvalue weighted by molar-refractivity contribution is 5.88. The van der Waals surface area contributed by atoms with Gasteiger partial charge in [-0.15, -0.1) is 0 Å². The van der Waals surface area contributed by atoms with Crippen molar-refractivity contribution >= 4 is 17.0 Å². The number of rotatable bonds is 1. The molecule has 1 aromatic heterocycles. The summed E-state index contributed by atoms with van der Waals surface area (Å²) in [6.07, 6.45) is 5.19. The van der Waals surface area contributed by atoms with Crippen LogP contribution in [0.2, 0.25) is 0 Å². The van der Waals surface area contributed by atoms with Gasteiger partial charge in [0.25, 0.3) is 0 Å². The first-order valence-corrected chi connectivity index (χ1v) is 4.04. The van der Waals surface area contributed by atoms with Gasteiger partial charge in [0.1, 0.15) is 0 Å². The minimum absolute atomic E-state index is 1.05. The van der Waals surface area contributed by atoms with Gasteiger partial charge in [0, 0.05) is 28.7 Å². The van der Waals surface area contributed by atoms with Gasteiger partial charge in [-0.1, -0.05) is 18.2 Å². The number of nitrogens with zero attached hydrogens (tertiary/aromatic N) is 1. The molecule has 13 heavy (non-hydrogen) atoms. The number of nitrogens with one attached hydrogen (secondary N) is 1. The van der Waals surface area contributed by atoms with Crippen LogP contribution in [-0.2, 0) is 0 Å². The van der Waals surface area contributed by atoms with Gasteiger partial charge in [-0.25, -0.2) is 0 Å². The molecule has 0 spiro atoms. The first-order valence-electron chi connectivity index (χ1n) is 4.04. The van der Waals surface area contributed by atoms with Crippen LogP contribution in [0.3, 0.4) is 0 Å². The number of aromatic nitrogens is 1. The molecular weight excluding hydrogens is 160 g/mol. The second-order valence-electron chi connectivity index (χ2n) is 2.75. The van der Waals surface area contributed by atoms with E-state index in [0.29, 0.717) is 0 Å². The maximum atomic E-state index is 8.39. The molecule has 0 atom stereocenters. The molecule has 0 unspecified atom stereocenters. The zero-order chi connectivity index (χ0) is 9.10. The monoisotopic (exact) mass is 168 g/mol. The minimum Gasteiger partial charge on any atom is -0.361 e. The lowest BCUT2D eigenvalue weighted by Crippen LogP contribution is -1.66. The van der Waals surface area contributed by atoms with Crippen LogP contribution in [0.4, 0.5) is 0 Å². The molecule has 0 amide bonds. The summed E-state index contributed by atoms with van der Waals surface area (Å²) in [5.41, 5.74) is 2.15. The number of para-hydroxylation sites is 1. The van der Waals surface area contributed by atoms with E-state index in [9.17, 15) is 0 Å². The third-order valence-electron chi connectivity index (χ3n) is 1.96. The molecule has 0 aliphatic rings. The maximum absolute atomic E-state index is 8.39. The topological polar surface area (TPSA) is 39.6 Å². The van der Waals surface area contributed by atoms with Crippen LogP contribution in [-0.4, -0.2) is 4.98 Å². The number of H-pyrrole nitrogens is 1. The van der Waals surface area contributed by atoms with Crippen LogP contribution in [0.25, 0.3) is 17.0 Å². The molecule has 2 rings (SSSR count). The van der Waals surface area contributed by atoms with Gasteiger partial charge in [-0.2, -0.15) is 5.26 Å². The van der Waals surface area contributed by atoms with Gasteiger partial charge in [-0.05, 0) is 12.1 Å². The minimum atomic E-state index is 1.05. The Bertz CT molecular complexity index is 486. The third-order valence-corrected chi connectivity index (χ3v) is 1.96. The third kappa shape index (κ3) is 1.32. The van der Waals surface area contributed by atoms with Crippen LogP contribution in [0, 0.1) is 11.3 Å². The predicted octanol–water partition coefficient (Wildman–Crippen LogP) is 2.70. The van der Waals surface area contributed by atoms with Gasteiger partial charge in [0.15, 0.2) is 0 Å². The second kappa shape index (κ2) is 3.16. The molecule has 1 heterocycles. The highest BCUT2D eigenvalue weighted by atomic mass is 14.7. The van der Waals surface area contributed by atoms with E-state index in [0.717, 1.165) is 16.5 Å². The normalized spacial score (nSPS) is 10.7. The zero-order valence-electron chi connectivity index (χ0n) is 6.99. The van der Waals surface area contributed by atoms with Gasteiger partial charge >= 0.3 is 0 Å². The number of nitriles is 1. The summed E-state index contributed by atoms with van der Waals surface area (Å²) in [5, 5.41) is 9.54. The fourth-order valence-corrected chi connectivity index (χ4v) is 1.36.